The topological polar surface area (TPSA) is 84.3 Å². The number of methoxy groups -OCH3 is 1. The van der Waals surface area contributed by atoms with Crippen LogP contribution in [0.5, 0.6) is 5.88 Å². The summed E-state index contributed by atoms with van der Waals surface area (Å²) in [6.07, 6.45) is 1.55. The van der Waals surface area contributed by atoms with Crippen LogP contribution >= 0.6 is 0 Å². The van der Waals surface area contributed by atoms with Crippen molar-refractivity contribution in [1.29, 1.82) is 0 Å². The van der Waals surface area contributed by atoms with Crippen LogP contribution in [0.15, 0.2) is 12.3 Å². The first-order chi connectivity index (χ1) is 7.87. The smallest absolute Gasteiger partial charge is 0.311 e. The highest BCUT2D eigenvalue weighted by molar-refractivity contribution is 5.75. The quantitative estimate of drug-likeness (QED) is 0.807. The van der Waals surface area contributed by atoms with Crippen LogP contribution in [0.1, 0.15) is 20.8 Å². The summed E-state index contributed by atoms with van der Waals surface area (Å²) < 4.78 is 4.96. The number of carboxylic acids is 1. The summed E-state index contributed by atoms with van der Waals surface area (Å²) >= 11 is 0. The van der Waals surface area contributed by atoms with Crippen molar-refractivity contribution in [2.45, 2.75) is 26.8 Å². The first-order valence-electron chi connectivity index (χ1n) is 5.25. The summed E-state index contributed by atoms with van der Waals surface area (Å²) in [5, 5.41) is 12.0. The van der Waals surface area contributed by atoms with E-state index < -0.39 is 11.4 Å². The van der Waals surface area contributed by atoms with Crippen LogP contribution in [0.3, 0.4) is 0 Å². The molecule has 1 aromatic heterocycles. The van der Waals surface area contributed by atoms with E-state index in [1.165, 1.54) is 7.11 Å². The highest BCUT2D eigenvalue weighted by Gasteiger charge is 2.34. The second-order valence-electron chi connectivity index (χ2n) is 4.32. The maximum absolute atomic E-state index is 11.1. The van der Waals surface area contributed by atoms with Crippen LogP contribution in [0.25, 0.3) is 0 Å². The minimum absolute atomic E-state index is 0.313. The van der Waals surface area contributed by atoms with Crippen LogP contribution in [-0.4, -0.2) is 34.2 Å². The Morgan fingerprint density at radius 1 is 1.59 bits per heavy atom. The second-order valence-corrected chi connectivity index (χ2v) is 4.32. The van der Waals surface area contributed by atoms with Gasteiger partial charge in [-0.2, -0.15) is 4.98 Å². The predicted molar refractivity (Wildman–Crippen MR) is 63.1 cm³/mol. The molecule has 6 heteroatoms. The van der Waals surface area contributed by atoms with E-state index in [1.807, 2.05) is 0 Å². The third-order valence-corrected chi connectivity index (χ3v) is 2.82. The maximum Gasteiger partial charge on any atom is 0.311 e. The number of rotatable bonds is 5. The van der Waals surface area contributed by atoms with E-state index in [0.29, 0.717) is 11.8 Å². The molecule has 2 N–H and O–H groups in total. The first kappa shape index (κ1) is 13.2. The highest BCUT2D eigenvalue weighted by Crippen LogP contribution is 2.23. The van der Waals surface area contributed by atoms with Gasteiger partial charge in [0, 0.05) is 18.3 Å². The van der Waals surface area contributed by atoms with Gasteiger partial charge in [0.1, 0.15) is 0 Å². The number of carboxylic acid groups (broad SMARTS) is 1. The molecule has 0 aliphatic rings. The van der Waals surface area contributed by atoms with Crippen molar-refractivity contribution < 1.29 is 14.6 Å². The summed E-state index contributed by atoms with van der Waals surface area (Å²) in [5.41, 5.74) is -0.910. The normalized spacial score (nSPS) is 12.9. The van der Waals surface area contributed by atoms with E-state index in [-0.39, 0.29) is 6.04 Å². The van der Waals surface area contributed by atoms with E-state index >= 15 is 0 Å². The summed E-state index contributed by atoms with van der Waals surface area (Å²) in [6.45, 7) is 5.07. The van der Waals surface area contributed by atoms with Gasteiger partial charge in [0.15, 0.2) is 0 Å². The van der Waals surface area contributed by atoms with Crippen molar-refractivity contribution in [2.75, 3.05) is 12.4 Å². The van der Waals surface area contributed by atoms with Crippen molar-refractivity contribution in [3.63, 3.8) is 0 Å². The standard InChI is InChI=1S/C11H17N3O3/c1-7(11(2,3)9(15)16)13-10-12-6-5-8(14-10)17-4/h5-7H,1-4H3,(H,15,16)(H,12,13,14). The van der Waals surface area contributed by atoms with Crippen LogP contribution in [0.2, 0.25) is 0 Å². The molecular weight excluding hydrogens is 222 g/mol. The number of aliphatic carboxylic acids is 1. The van der Waals surface area contributed by atoms with Gasteiger partial charge in [0.25, 0.3) is 0 Å². The summed E-state index contributed by atoms with van der Waals surface area (Å²) in [5.74, 6) is -0.0885. The molecule has 0 aliphatic carbocycles. The third-order valence-electron chi connectivity index (χ3n) is 2.82. The van der Waals surface area contributed by atoms with E-state index in [1.54, 1.807) is 33.0 Å². The Labute approximate surface area is 100 Å². The van der Waals surface area contributed by atoms with Gasteiger partial charge in [-0.05, 0) is 20.8 Å². The molecule has 0 fully saturated rings. The average molecular weight is 239 g/mol. The van der Waals surface area contributed by atoms with E-state index in [0.717, 1.165) is 0 Å². The molecule has 0 saturated carbocycles. The first-order valence-corrected chi connectivity index (χ1v) is 5.25. The Hall–Kier alpha value is -1.85. The van der Waals surface area contributed by atoms with Gasteiger partial charge in [-0.25, -0.2) is 4.98 Å². The zero-order chi connectivity index (χ0) is 13.1. The van der Waals surface area contributed by atoms with E-state index in [2.05, 4.69) is 15.3 Å². The molecule has 1 heterocycles. The number of carbonyl (C=O) groups is 1. The summed E-state index contributed by atoms with van der Waals surface area (Å²) in [7, 11) is 1.51. The number of nitrogens with one attached hydrogen (secondary N) is 1. The van der Waals surface area contributed by atoms with Gasteiger partial charge in [0.05, 0.1) is 12.5 Å². The zero-order valence-corrected chi connectivity index (χ0v) is 10.4. The summed E-state index contributed by atoms with van der Waals surface area (Å²) in [6, 6.07) is 1.31. The number of aromatic nitrogens is 2. The van der Waals surface area contributed by atoms with E-state index in [9.17, 15) is 4.79 Å². The zero-order valence-electron chi connectivity index (χ0n) is 10.4. The van der Waals surface area contributed by atoms with Crippen LogP contribution < -0.4 is 10.1 Å². The molecule has 6 nitrogen and oxygen atoms in total. The number of hydrogen-bond donors (Lipinski definition) is 2. The molecule has 1 aromatic rings. The van der Waals surface area contributed by atoms with Crippen molar-refractivity contribution >= 4 is 11.9 Å². The number of ether oxygens (including phenoxy) is 1. The minimum Gasteiger partial charge on any atom is -0.481 e. The van der Waals surface area contributed by atoms with Crippen LogP contribution in [-0.2, 0) is 4.79 Å². The molecule has 0 spiro atoms. The van der Waals surface area contributed by atoms with Gasteiger partial charge in [0.2, 0.25) is 11.8 Å². The lowest BCUT2D eigenvalue weighted by Crippen LogP contribution is -2.40. The lowest BCUT2D eigenvalue weighted by Gasteiger charge is -2.27. The van der Waals surface area contributed by atoms with Crippen molar-refractivity contribution in [2.24, 2.45) is 5.41 Å². The van der Waals surface area contributed by atoms with Gasteiger partial charge in [-0.15, -0.1) is 0 Å². The monoisotopic (exact) mass is 239 g/mol. The van der Waals surface area contributed by atoms with Crippen LogP contribution in [0.4, 0.5) is 5.95 Å². The fourth-order valence-electron chi connectivity index (χ4n) is 1.08. The van der Waals surface area contributed by atoms with Crippen molar-refractivity contribution in [3.8, 4) is 5.88 Å². The Balaban J connectivity index is 2.80. The van der Waals surface area contributed by atoms with Crippen molar-refractivity contribution in [3.05, 3.63) is 12.3 Å². The lowest BCUT2D eigenvalue weighted by molar-refractivity contribution is -0.147. The Bertz CT molecular complexity index is 407. The second kappa shape index (κ2) is 4.99. The number of hydrogen-bond acceptors (Lipinski definition) is 5. The average Bonchev–Trinajstić information content (AvgIpc) is 2.29. The SMILES string of the molecule is COc1ccnc(NC(C)C(C)(C)C(=O)O)n1. The molecule has 0 bridgehead atoms. The summed E-state index contributed by atoms with van der Waals surface area (Å²) in [4.78, 5) is 19.1. The highest BCUT2D eigenvalue weighted by atomic mass is 16.5. The third kappa shape index (κ3) is 3.05. The lowest BCUT2D eigenvalue weighted by atomic mass is 9.86. The minimum atomic E-state index is -0.910. The molecule has 17 heavy (non-hydrogen) atoms. The molecular formula is C11H17N3O3. The molecule has 0 saturated heterocycles. The molecule has 1 rings (SSSR count). The number of anilines is 1. The fourth-order valence-corrected chi connectivity index (χ4v) is 1.08. The molecule has 0 aromatic carbocycles. The van der Waals surface area contributed by atoms with Gasteiger partial charge in [-0.3, -0.25) is 4.79 Å². The Morgan fingerprint density at radius 3 is 2.76 bits per heavy atom. The molecule has 1 unspecified atom stereocenters. The van der Waals surface area contributed by atoms with Gasteiger partial charge < -0.3 is 15.2 Å². The largest absolute Gasteiger partial charge is 0.481 e. The Kier molecular flexibility index (Phi) is 3.88. The molecule has 0 aliphatic heterocycles. The van der Waals surface area contributed by atoms with Crippen LogP contribution in [0, 0.1) is 5.41 Å². The van der Waals surface area contributed by atoms with Gasteiger partial charge in [-0.1, -0.05) is 0 Å². The number of nitrogens with zero attached hydrogens (tertiary/aromatic N) is 2. The van der Waals surface area contributed by atoms with E-state index in [4.69, 9.17) is 9.84 Å². The molecule has 0 radical (unpaired) electrons. The molecule has 0 amide bonds. The predicted octanol–water partition coefficient (Wildman–Crippen LogP) is 1.40. The molecule has 94 valence electrons. The fraction of sp³-hybridized carbons (Fsp3) is 0.545. The van der Waals surface area contributed by atoms with Crippen molar-refractivity contribution in [1.82, 2.24) is 9.97 Å². The Morgan fingerprint density at radius 2 is 2.24 bits per heavy atom. The van der Waals surface area contributed by atoms with Gasteiger partial charge >= 0.3 is 5.97 Å². The maximum atomic E-state index is 11.1. The molecule has 1 atom stereocenters.